The third kappa shape index (κ3) is 6.49. The van der Waals surface area contributed by atoms with Crippen LogP contribution in [0.4, 0.5) is 0 Å². The fraction of sp³-hybridized carbons (Fsp3) is 0.667. The maximum atomic E-state index is 5.79. The molecule has 1 aliphatic rings. The van der Waals surface area contributed by atoms with E-state index in [9.17, 15) is 0 Å². The van der Waals surface area contributed by atoms with Crippen molar-refractivity contribution >= 4 is 0 Å². The second kappa shape index (κ2) is 7.81. The van der Waals surface area contributed by atoms with E-state index >= 15 is 0 Å². The first kappa shape index (κ1) is 16.3. The molecule has 1 atom stereocenters. The summed E-state index contributed by atoms with van der Waals surface area (Å²) in [5, 5.41) is 3.49. The number of rotatable bonds is 7. The highest BCUT2D eigenvalue weighted by molar-refractivity contribution is 5.27. The molecule has 1 aromatic rings. The third-order valence-corrected chi connectivity index (χ3v) is 3.71. The van der Waals surface area contributed by atoms with E-state index in [1.165, 1.54) is 18.4 Å². The lowest BCUT2D eigenvalue weighted by molar-refractivity contribution is 0.0981. The minimum atomic E-state index is 0.150. The van der Waals surface area contributed by atoms with Gasteiger partial charge in [-0.2, -0.15) is 0 Å². The van der Waals surface area contributed by atoms with Gasteiger partial charge in [0.1, 0.15) is 5.75 Å². The number of hydrogen-bond donors (Lipinski definition) is 1. The summed E-state index contributed by atoms with van der Waals surface area (Å²) < 4.78 is 11.4. The van der Waals surface area contributed by atoms with E-state index in [2.05, 4.69) is 50.4 Å². The summed E-state index contributed by atoms with van der Waals surface area (Å²) in [5.41, 5.74) is 1.44. The lowest BCUT2D eigenvalue weighted by Crippen LogP contribution is -2.35. The van der Waals surface area contributed by atoms with E-state index < -0.39 is 0 Å². The van der Waals surface area contributed by atoms with Crippen LogP contribution in [0.2, 0.25) is 0 Å². The SMILES string of the molecule is CC(C)(C)NCc1ccc(OCCCC2CCCO2)cc1. The van der Waals surface area contributed by atoms with Crippen LogP contribution in [-0.2, 0) is 11.3 Å². The molecule has 0 radical (unpaired) electrons. The van der Waals surface area contributed by atoms with Gasteiger partial charge < -0.3 is 14.8 Å². The molecular formula is C18H29NO2. The molecule has 0 bridgehead atoms. The van der Waals surface area contributed by atoms with Crippen molar-refractivity contribution in [2.45, 2.75) is 64.6 Å². The number of nitrogens with one attached hydrogen (secondary N) is 1. The van der Waals surface area contributed by atoms with Crippen molar-refractivity contribution in [2.24, 2.45) is 0 Å². The van der Waals surface area contributed by atoms with Gasteiger partial charge in [-0.3, -0.25) is 0 Å². The van der Waals surface area contributed by atoms with E-state index in [1.807, 2.05) is 0 Å². The maximum absolute atomic E-state index is 5.79. The van der Waals surface area contributed by atoms with Gasteiger partial charge >= 0.3 is 0 Å². The molecule has 2 rings (SSSR count). The molecule has 1 saturated heterocycles. The molecule has 0 spiro atoms. The van der Waals surface area contributed by atoms with Crippen LogP contribution in [0.15, 0.2) is 24.3 Å². The summed E-state index contributed by atoms with van der Waals surface area (Å²) in [7, 11) is 0. The molecule has 0 aliphatic carbocycles. The van der Waals surface area contributed by atoms with Gasteiger partial charge in [0.15, 0.2) is 0 Å². The smallest absolute Gasteiger partial charge is 0.119 e. The van der Waals surface area contributed by atoms with Crippen molar-refractivity contribution in [3.05, 3.63) is 29.8 Å². The monoisotopic (exact) mass is 291 g/mol. The minimum Gasteiger partial charge on any atom is -0.494 e. The van der Waals surface area contributed by atoms with Gasteiger partial charge in [-0.1, -0.05) is 12.1 Å². The molecule has 3 heteroatoms. The second-order valence-corrected chi connectivity index (χ2v) is 6.87. The maximum Gasteiger partial charge on any atom is 0.119 e. The lowest BCUT2D eigenvalue weighted by atomic mass is 10.1. The largest absolute Gasteiger partial charge is 0.494 e. The molecule has 0 aromatic heterocycles. The zero-order valence-electron chi connectivity index (χ0n) is 13.7. The highest BCUT2D eigenvalue weighted by Gasteiger charge is 2.14. The highest BCUT2D eigenvalue weighted by Crippen LogP contribution is 2.18. The molecule has 3 nitrogen and oxygen atoms in total. The Morgan fingerprint density at radius 2 is 2.00 bits per heavy atom. The Morgan fingerprint density at radius 1 is 1.24 bits per heavy atom. The average Bonchev–Trinajstić information content (AvgIpc) is 2.95. The molecule has 0 amide bonds. The van der Waals surface area contributed by atoms with Gasteiger partial charge in [0.25, 0.3) is 0 Å². The van der Waals surface area contributed by atoms with Crippen molar-refractivity contribution < 1.29 is 9.47 Å². The van der Waals surface area contributed by atoms with E-state index in [4.69, 9.17) is 9.47 Å². The first-order valence-corrected chi connectivity index (χ1v) is 8.11. The van der Waals surface area contributed by atoms with Crippen LogP contribution >= 0.6 is 0 Å². The summed E-state index contributed by atoms with van der Waals surface area (Å²) >= 11 is 0. The Bertz CT molecular complexity index is 402. The van der Waals surface area contributed by atoms with Gasteiger partial charge in [0.2, 0.25) is 0 Å². The van der Waals surface area contributed by atoms with E-state index in [-0.39, 0.29) is 5.54 Å². The zero-order valence-corrected chi connectivity index (χ0v) is 13.7. The molecule has 21 heavy (non-hydrogen) atoms. The summed E-state index contributed by atoms with van der Waals surface area (Å²) in [6.07, 6.45) is 5.09. The Labute approximate surface area is 129 Å². The summed E-state index contributed by atoms with van der Waals surface area (Å²) in [6.45, 7) is 9.15. The van der Waals surface area contributed by atoms with Crippen molar-refractivity contribution in [1.29, 1.82) is 0 Å². The molecule has 1 aliphatic heterocycles. The topological polar surface area (TPSA) is 30.5 Å². The summed E-state index contributed by atoms with van der Waals surface area (Å²) in [6, 6.07) is 8.39. The summed E-state index contributed by atoms with van der Waals surface area (Å²) in [4.78, 5) is 0. The molecule has 0 saturated carbocycles. The number of benzene rings is 1. The highest BCUT2D eigenvalue weighted by atomic mass is 16.5. The molecule has 118 valence electrons. The third-order valence-electron chi connectivity index (χ3n) is 3.71. The van der Waals surface area contributed by atoms with E-state index in [0.29, 0.717) is 6.10 Å². The van der Waals surface area contributed by atoms with Crippen molar-refractivity contribution in [3.63, 3.8) is 0 Å². The molecule has 1 aromatic carbocycles. The Morgan fingerprint density at radius 3 is 2.62 bits per heavy atom. The molecular weight excluding hydrogens is 262 g/mol. The van der Waals surface area contributed by atoms with Gasteiger partial charge in [0, 0.05) is 18.7 Å². The van der Waals surface area contributed by atoms with E-state index in [1.54, 1.807) is 0 Å². The zero-order chi connectivity index (χ0) is 15.1. The van der Waals surface area contributed by atoms with Crippen LogP contribution < -0.4 is 10.1 Å². The van der Waals surface area contributed by atoms with Gasteiger partial charge in [-0.05, 0) is 64.2 Å². The van der Waals surface area contributed by atoms with Crippen LogP contribution in [0.25, 0.3) is 0 Å². The van der Waals surface area contributed by atoms with Gasteiger partial charge in [-0.25, -0.2) is 0 Å². The van der Waals surface area contributed by atoms with Crippen LogP contribution in [0.5, 0.6) is 5.75 Å². The number of ether oxygens (including phenoxy) is 2. The fourth-order valence-corrected chi connectivity index (χ4v) is 2.44. The molecule has 1 N–H and O–H groups in total. The summed E-state index contributed by atoms with van der Waals surface area (Å²) in [5.74, 6) is 0.960. The Kier molecular flexibility index (Phi) is 6.07. The lowest BCUT2D eigenvalue weighted by Gasteiger charge is -2.20. The fourth-order valence-electron chi connectivity index (χ4n) is 2.44. The first-order valence-electron chi connectivity index (χ1n) is 8.11. The van der Waals surface area contributed by atoms with Crippen LogP contribution in [0.3, 0.4) is 0 Å². The quantitative estimate of drug-likeness (QED) is 0.773. The predicted molar refractivity (Wildman–Crippen MR) is 86.7 cm³/mol. The van der Waals surface area contributed by atoms with Gasteiger partial charge in [-0.15, -0.1) is 0 Å². The Hall–Kier alpha value is -1.06. The second-order valence-electron chi connectivity index (χ2n) is 6.87. The first-order chi connectivity index (χ1) is 10.0. The predicted octanol–water partition coefficient (Wildman–Crippen LogP) is 3.91. The average molecular weight is 291 g/mol. The minimum absolute atomic E-state index is 0.150. The normalized spacial score (nSPS) is 18.9. The van der Waals surface area contributed by atoms with Crippen LogP contribution in [-0.4, -0.2) is 24.9 Å². The standard InChI is InChI=1S/C18H29NO2/c1-18(2,3)19-14-15-8-10-17(11-9-15)21-13-5-7-16-6-4-12-20-16/h8-11,16,19H,4-7,12-14H2,1-3H3. The molecule has 1 unspecified atom stereocenters. The van der Waals surface area contributed by atoms with Crippen molar-refractivity contribution in [2.75, 3.05) is 13.2 Å². The Balaban J connectivity index is 1.64. The van der Waals surface area contributed by atoms with Gasteiger partial charge in [0.05, 0.1) is 12.7 Å². The number of hydrogen-bond acceptors (Lipinski definition) is 3. The van der Waals surface area contributed by atoms with Crippen LogP contribution in [0.1, 0.15) is 52.0 Å². The molecule has 1 fully saturated rings. The van der Waals surface area contributed by atoms with Crippen molar-refractivity contribution in [1.82, 2.24) is 5.32 Å². The van der Waals surface area contributed by atoms with Crippen molar-refractivity contribution in [3.8, 4) is 5.75 Å². The molecule has 1 heterocycles. The van der Waals surface area contributed by atoms with E-state index in [0.717, 1.165) is 38.3 Å². The van der Waals surface area contributed by atoms with Crippen LogP contribution in [0, 0.1) is 0 Å².